The molecule has 2 nitrogen and oxygen atoms in total. The molecular weight excluding hydrogens is 212 g/mol. The van der Waals surface area contributed by atoms with Gasteiger partial charge in [0.05, 0.1) is 12.7 Å². The molecule has 2 unspecified atom stereocenters. The molecule has 1 aliphatic rings. The van der Waals surface area contributed by atoms with Gasteiger partial charge in [0.25, 0.3) is 0 Å². The minimum Gasteiger partial charge on any atom is -0.497 e. The van der Waals surface area contributed by atoms with E-state index in [0.29, 0.717) is 5.92 Å². The Morgan fingerprint density at radius 1 is 1.47 bits per heavy atom. The van der Waals surface area contributed by atoms with Crippen molar-refractivity contribution in [2.45, 2.75) is 45.1 Å². The van der Waals surface area contributed by atoms with E-state index in [0.717, 1.165) is 42.6 Å². The summed E-state index contributed by atoms with van der Waals surface area (Å²) >= 11 is 0. The van der Waals surface area contributed by atoms with Gasteiger partial charge in [-0.2, -0.15) is 0 Å². The zero-order chi connectivity index (χ0) is 12.5. The maximum atomic E-state index is 10.9. The van der Waals surface area contributed by atoms with Crippen LogP contribution in [0.4, 0.5) is 0 Å². The summed E-state index contributed by atoms with van der Waals surface area (Å²) in [6, 6.07) is 5.99. The van der Waals surface area contributed by atoms with Crippen molar-refractivity contribution < 1.29 is 9.84 Å². The summed E-state index contributed by atoms with van der Waals surface area (Å²) in [6.07, 6.45) is 4.19. The van der Waals surface area contributed by atoms with Gasteiger partial charge in [-0.05, 0) is 55.4 Å². The first-order valence-electron chi connectivity index (χ1n) is 6.49. The molecule has 0 amide bonds. The summed E-state index contributed by atoms with van der Waals surface area (Å²) in [5, 5.41) is 10.9. The third-order valence-corrected chi connectivity index (χ3v) is 4.18. The summed E-state index contributed by atoms with van der Waals surface area (Å²) in [6.45, 7) is 4.22. The van der Waals surface area contributed by atoms with Crippen LogP contribution in [0.15, 0.2) is 18.2 Å². The first kappa shape index (κ1) is 12.4. The maximum absolute atomic E-state index is 10.9. The van der Waals surface area contributed by atoms with E-state index in [-0.39, 0.29) is 0 Å². The van der Waals surface area contributed by atoms with Crippen molar-refractivity contribution in [2.75, 3.05) is 7.11 Å². The van der Waals surface area contributed by atoms with Crippen LogP contribution >= 0.6 is 0 Å². The lowest BCUT2D eigenvalue weighted by atomic mass is 9.80. The van der Waals surface area contributed by atoms with Crippen LogP contribution < -0.4 is 4.74 Å². The monoisotopic (exact) mass is 234 g/mol. The highest BCUT2D eigenvalue weighted by Gasteiger charge is 2.42. The predicted octanol–water partition coefficient (Wildman–Crippen LogP) is 3.40. The predicted molar refractivity (Wildman–Crippen MR) is 69.3 cm³/mol. The van der Waals surface area contributed by atoms with Gasteiger partial charge >= 0.3 is 0 Å². The number of ether oxygens (including phenoxy) is 1. The molecule has 1 aliphatic carbocycles. The summed E-state index contributed by atoms with van der Waals surface area (Å²) < 4.78 is 5.22. The van der Waals surface area contributed by atoms with Gasteiger partial charge in [0.15, 0.2) is 0 Å². The van der Waals surface area contributed by atoms with Crippen molar-refractivity contribution >= 4 is 0 Å². The Hall–Kier alpha value is -1.02. The van der Waals surface area contributed by atoms with Gasteiger partial charge in [-0.15, -0.1) is 0 Å². The topological polar surface area (TPSA) is 29.5 Å². The van der Waals surface area contributed by atoms with Crippen LogP contribution in [0.5, 0.6) is 5.75 Å². The third-order valence-electron chi connectivity index (χ3n) is 4.18. The highest BCUT2D eigenvalue weighted by Crippen LogP contribution is 2.46. The molecule has 94 valence electrons. The third kappa shape index (κ3) is 2.06. The highest BCUT2D eigenvalue weighted by atomic mass is 16.5. The lowest BCUT2D eigenvalue weighted by molar-refractivity contribution is -0.00446. The van der Waals surface area contributed by atoms with Gasteiger partial charge < -0.3 is 9.84 Å². The van der Waals surface area contributed by atoms with Crippen molar-refractivity contribution in [2.24, 2.45) is 5.92 Å². The fraction of sp³-hybridized carbons (Fsp3) is 0.600. The van der Waals surface area contributed by atoms with Gasteiger partial charge in [-0.25, -0.2) is 0 Å². The van der Waals surface area contributed by atoms with E-state index in [1.54, 1.807) is 7.11 Å². The number of benzene rings is 1. The molecule has 17 heavy (non-hydrogen) atoms. The molecule has 1 saturated carbocycles. The van der Waals surface area contributed by atoms with E-state index in [9.17, 15) is 5.11 Å². The van der Waals surface area contributed by atoms with Gasteiger partial charge in [0.1, 0.15) is 5.75 Å². The molecule has 0 spiro atoms. The Kier molecular flexibility index (Phi) is 3.43. The van der Waals surface area contributed by atoms with E-state index in [2.05, 4.69) is 13.8 Å². The summed E-state index contributed by atoms with van der Waals surface area (Å²) in [5.41, 5.74) is 1.60. The second kappa shape index (κ2) is 4.69. The lowest BCUT2D eigenvalue weighted by Gasteiger charge is -2.31. The second-order valence-corrected chi connectivity index (χ2v) is 5.10. The molecule has 0 bridgehead atoms. The van der Waals surface area contributed by atoms with Gasteiger partial charge in [-0.1, -0.05) is 19.4 Å². The van der Waals surface area contributed by atoms with Gasteiger partial charge in [-0.3, -0.25) is 0 Å². The molecule has 0 heterocycles. The quantitative estimate of drug-likeness (QED) is 0.868. The number of aryl methyl sites for hydroxylation is 1. The Balaban J connectivity index is 2.39. The van der Waals surface area contributed by atoms with Crippen molar-refractivity contribution in [1.29, 1.82) is 0 Å². The van der Waals surface area contributed by atoms with E-state index < -0.39 is 5.60 Å². The molecular formula is C15H22O2. The van der Waals surface area contributed by atoms with Gasteiger partial charge in [0.2, 0.25) is 0 Å². The molecule has 0 aromatic heterocycles. The molecule has 1 N–H and O–H groups in total. The summed E-state index contributed by atoms with van der Waals surface area (Å²) in [7, 11) is 1.67. The van der Waals surface area contributed by atoms with E-state index >= 15 is 0 Å². The fourth-order valence-corrected chi connectivity index (χ4v) is 3.21. The zero-order valence-corrected chi connectivity index (χ0v) is 11.0. The first-order valence-corrected chi connectivity index (χ1v) is 6.49. The Bertz CT molecular complexity index is 400. The Morgan fingerprint density at radius 3 is 2.82 bits per heavy atom. The normalized spacial score (nSPS) is 28.4. The van der Waals surface area contributed by atoms with Crippen molar-refractivity contribution in [1.82, 2.24) is 0 Å². The largest absolute Gasteiger partial charge is 0.497 e. The van der Waals surface area contributed by atoms with Crippen LogP contribution in [0.1, 0.15) is 43.7 Å². The average Bonchev–Trinajstić information content (AvgIpc) is 2.71. The Labute approximate surface area is 104 Å². The van der Waals surface area contributed by atoms with Crippen LogP contribution in [-0.4, -0.2) is 12.2 Å². The van der Waals surface area contributed by atoms with Crippen LogP contribution in [0.2, 0.25) is 0 Å². The number of methoxy groups -OCH3 is 1. The van der Waals surface area contributed by atoms with Crippen molar-refractivity contribution in [3.8, 4) is 5.75 Å². The molecule has 1 aromatic rings. The first-order chi connectivity index (χ1) is 8.11. The van der Waals surface area contributed by atoms with Crippen molar-refractivity contribution in [3.63, 3.8) is 0 Å². The zero-order valence-electron chi connectivity index (χ0n) is 11.0. The molecule has 2 rings (SSSR count). The van der Waals surface area contributed by atoms with Crippen LogP contribution in [0.25, 0.3) is 0 Å². The van der Waals surface area contributed by atoms with Crippen LogP contribution in [-0.2, 0) is 5.60 Å². The summed E-state index contributed by atoms with van der Waals surface area (Å²) in [5.74, 6) is 1.26. The van der Waals surface area contributed by atoms with Gasteiger partial charge in [0, 0.05) is 0 Å². The Morgan fingerprint density at radius 2 is 2.24 bits per heavy atom. The van der Waals surface area contributed by atoms with Crippen LogP contribution in [0, 0.1) is 12.8 Å². The minimum absolute atomic E-state index is 0.398. The fourth-order valence-electron chi connectivity index (χ4n) is 3.21. The van der Waals surface area contributed by atoms with E-state index in [1.165, 1.54) is 0 Å². The standard InChI is InChI=1S/C15H22O2/c1-4-12-6-5-9-15(12,16)14-8-7-13(17-3)10-11(14)2/h7-8,10,12,16H,4-6,9H2,1-3H3. The number of hydrogen-bond donors (Lipinski definition) is 1. The summed E-state index contributed by atoms with van der Waals surface area (Å²) in [4.78, 5) is 0. The molecule has 1 aromatic carbocycles. The number of hydrogen-bond acceptors (Lipinski definition) is 2. The lowest BCUT2D eigenvalue weighted by Crippen LogP contribution is -2.30. The SMILES string of the molecule is CCC1CCCC1(O)c1ccc(OC)cc1C. The smallest absolute Gasteiger partial charge is 0.119 e. The highest BCUT2D eigenvalue weighted by molar-refractivity contribution is 5.39. The number of rotatable bonds is 3. The van der Waals surface area contributed by atoms with Crippen molar-refractivity contribution in [3.05, 3.63) is 29.3 Å². The molecule has 0 saturated heterocycles. The van der Waals surface area contributed by atoms with Crippen LogP contribution in [0.3, 0.4) is 0 Å². The second-order valence-electron chi connectivity index (χ2n) is 5.10. The molecule has 1 fully saturated rings. The maximum Gasteiger partial charge on any atom is 0.119 e. The average molecular weight is 234 g/mol. The molecule has 2 atom stereocenters. The minimum atomic E-state index is -0.620. The molecule has 0 aliphatic heterocycles. The van der Waals surface area contributed by atoms with E-state index in [1.807, 2.05) is 18.2 Å². The molecule has 2 heteroatoms. The number of aliphatic hydroxyl groups is 1. The van der Waals surface area contributed by atoms with E-state index in [4.69, 9.17) is 4.74 Å². The molecule has 0 radical (unpaired) electrons.